The number of aromatic nitrogens is 1. The molecule has 3 heterocycles. The zero-order valence-electron chi connectivity index (χ0n) is 19.9. The molecule has 2 aliphatic heterocycles. The van der Waals surface area contributed by atoms with Crippen LogP contribution in [-0.4, -0.2) is 51.9 Å². The standard InChI is InChI=1S/C26H31F3N4O2/c1-2-12-25(23(34)33(24(35)31-25)16-11-22-8-3-4-13-30-22)20-9-14-32(15-10-20)18-19-6-5-7-21(17-19)26(27,28)29/h3-8,13,17,20H,2,9-12,14-16,18H2,1H3,(H,31,35). The van der Waals surface area contributed by atoms with Crippen molar-refractivity contribution in [2.45, 2.75) is 57.3 Å². The highest BCUT2D eigenvalue weighted by Crippen LogP contribution is 2.37. The molecule has 1 aromatic carbocycles. The average Bonchev–Trinajstić information content (AvgIpc) is 3.08. The van der Waals surface area contributed by atoms with E-state index < -0.39 is 17.3 Å². The molecule has 0 radical (unpaired) electrons. The van der Waals surface area contributed by atoms with Crippen LogP contribution in [0.1, 0.15) is 49.4 Å². The normalized spacial score (nSPS) is 22.0. The molecule has 1 N–H and O–H groups in total. The maximum atomic E-state index is 13.6. The largest absolute Gasteiger partial charge is 0.416 e. The van der Waals surface area contributed by atoms with E-state index in [1.807, 2.05) is 25.1 Å². The van der Waals surface area contributed by atoms with E-state index in [1.165, 1.54) is 17.0 Å². The lowest BCUT2D eigenvalue weighted by atomic mass is 9.74. The first kappa shape index (κ1) is 25.2. The van der Waals surface area contributed by atoms with Gasteiger partial charge in [-0.2, -0.15) is 13.2 Å². The summed E-state index contributed by atoms with van der Waals surface area (Å²) in [6, 6.07) is 10.6. The average molecular weight is 489 g/mol. The fraction of sp³-hybridized carbons (Fsp3) is 0.500. The van der Waals surface area contributed by atoms with Crippen LogP contribution in [-0.2, 0) is 23.9 Å². The van der Waals surface area contributed by atoms with Crippen LogP contribution in [0.5, 0.6) is 0 Å². The second-order valence-corrected chi connectivity index (χ2v) is 9.43. The first-order valence-corrected chi connectivity index (χ1v) is 12.2. The van der Waals surface area contributed by atoms with Gasteiger partial charge < -0.3 is 5.32 Å². The van der Waals surface area contributed by atoms with E-state index in [0.29, 0.717) is 50.9 Å². The molecule has 35 heavy (non-hydrogen) atoms. The molecular weight excluding hydrogens is 457 g/mol. The number of alkyl halides is 3. The second kappa shape index (κ2) is 10.4. The van der Waals surface area contributed by atoms with E-state index in [9.17, 15) is 22.8 Å². The Morgan fingerprint density at radius 3 is 2.54 bits per heavy atom. The highest BCUT2D eigenvalue weighted by molar-refractivity contribution is 6.07. The second-order valence-electron chi connectivity index (χ2n) is 9.43. The van der Waals surface area contributed by atoms with Crippen molar-refractivity contribution in [3.8, 4) is 0 Å². The predicted molar refractivity (Wildman–Crippen MR) is 125 cm³/mol. The van der Waals surface area contributed by atoms with Crippen LogP contribution in [0.4, 0.5) is 18.0 Å². The molecule has 0 bridgehead atoms. The first-order valence-electron chi connectivity index (χ1n) is 12.2. The Bertz CT molecular complexity index is 1040. The van der Waals surface area contributed by atoms with E-state index in [2.05, 4.69) is 15.2 Å². The van der Waals surface area contributed by atoms with Crippen molar-refractivity contribution in [2.75, 3.05) is 19.6 Å². The molecule has 9 heteroatoms. The summed E-state index contributed by atoms with van der Waals surface area (Å²) in [5.74, 6) is -0.187. The summed E-state index contributed by atoms with van der Waals surface area (Å²) in [5, 5.41) is 3.04. The van der Waals surface area contributed by atoms with Crippen molar-refractivity contribution >= 4 is 11.9 Å². The number of pyridine rings is 1. The minimum Gasteiger partial charge on any atom is -0.323 e. The van der Waals surface area contributed by atoms with Crippen LogP contribution >= 0.6 is 0 Å². The zero-order chi connectivity index (χ0) is 25.1. The summed E-state index contributed by atoms with van der Waals surface area (Å²) in [5.41, 5.74) is -0.119. The molecule has 3 amide bonds. The van der Waals surface area contributed by atoms with Gasteiger partial charge >= 0.3 is 12.2 Å². The third-order valence-corrected chi connectivity index (χ3v) is 7.11. The van der Waals surface area contributed by atoms with Crippen LogP contribution in [0.25, 0.3) is 0 Å². The number of urea groups is 1. The SMILES string of the molecule is CCCC1(C2CCN(Cc3cccc(C(F)(F)F)c3)CC2)NC(=O)N(CCc2ccccn2)C1=O. The van der Waals surface area contributed by atoms with Crippen LogP contribution in [0.15, 0.2) is 48.7 Å². The lowest BCUT2D eigenvalue weighted by Crippen LogP contribution is -2.56. The Hall–Kier alpha value is -2.94. The monoisotopic (exact) mass is 488 g/mol. The molecule has 2 fully saturated rings. The van der Waals surface area contributed by atoms with Crippen molar-refractivity contribution in [2.24, 2.45) is 5.92 Å². The molecule has 2 aliphatic rings. The smallest absolute Gasteiger partial charge is 0.323 e. The van der Waals surface area contributed by atoms with Crippen LogP contribution in [0.2, 0.25) is 0 Å². The number of hydrogen-bond acceptors (Lipinski definition) is 4. The van der Waals surface area contributed by atoms with E-state index in [0.717, 1.165) is 18.2 Å². The summed E-state index contributed by atoms with van der Waals surface area (Å²) in [7, 11) is 0. The summed E-state index contributed by atoms with van der Waals surface area (Å²) < 4.78 is 39.1. The predicted octanol–water partition coefficient (Wildman–Crippen LogP) is 4.65. The van der Waals surface area contributed by atoms with Gasteiger partial charge in [0.15, 0.2) is 0 Å². The summed E-state index contributed by atoms with van der Waals surface area (Å²) >= 11 is 0. The maximum absolute atomic E-state index is 13.6. The lowest BCUT2D eigenvalue weighted by molar-refractivity contribution is -0.137. The number of imide groups is 1. The fourth-order valence-corrected chi connectivity index (χ4v) is 5.35. The van der Waals surface area contributed by atoms with Crippen LogP contribution in [0, 0.1) is 5.92 Å². The first-order chi connectivity index (χ1) is 16.7. The number of rotatable bonds is 8. The Morgan fingerprint density at radius 1 is 1.11 bits per heavy atom. The fourth-order valence-electron chi connectivity index (χ4n) is 5.35. The van der Waals surface area contributed by atoms with Crippen LogP contribution < -0.4 is 5.32 Å². The highest BCUT2D eigenvalue weighted by atomic mass is 19.4. The van der Waals surface area contributed by atoms with Crippen molar-refractivity contribution in [3.63, 3.8) is 0 Å². The number of benzene rings is 1. The van der Waals surface area contributed by atoms with Gasteiger partial charge in [0.2, 0.25) is 0 Å². The maximum Gasteiger partial charge on any atom is 0.416 e. The molecule has 0 aliphatic carbocycles. The number of amides is 3. The number of hydrogen-bond donors (Lipinski definition) is 1. The number of piperidine rings is 1. The van der Waals surface area contributed by atoms with E-state index in [1.54, 1.807) is 12.3 Å². The van der Waals surface area contributed by atoms with E-state index >= 15 is 0 Å². The summed E-state index contributed by atoms with van der Waals surface area (Å²) in [6.45, 7) is 4.02. The number of halogens is 3. The zero-order valence-corrected chi connectivity index (χ0v) is 19.9. The lowest BCUT2D eigenvalue weighted by Gasteiger charge is -2.41. The molecule has 0 spiro atoms. The third kappa shape index (κ3) is 5.50. The van der Waals surface area contributed by atoms with Crippen molar-refractivity contribution in [3.05, 3.63) is 65.5 Å². The van der Waals surface area contributed by atoms with Gasteiger partial charge in [-0.3, -0.25) is 19.6 Å². The van der Waals surface area contributed by atoms with Crippen molar-refractivity contribution in [1.82, 2.24) is 20.1 Å². The highest BCUT2D eigenvalue weighted by Gasteiger charge is 2.55. The third-order valence-electron chi connectivity index (χ3n) is 7.11. The molecule has 1 atom stereocenters. The van der Waals surface area contributed by atoms with E-state index in [-0.39, 0.29) is 24.4 Å². The van der Waals surface area contributed by atoms with Gasteiger partial charge in [-0.15, -0.1) is 0 Å². The number of nitrogens with zero attached hydrogens (tertiary/aromatic N) is 3. The summed E-state index contributed by atoms with van der Waals surface area (Å²) in [6.07, 6.45) is 0.533. The minimum atomic E-state index is -4.36. The van der Waals surface area contributed by atoms with Gasteiger partial charge in [0.25, 0.3) is 5.91 Å². The molecule has 2 aromatic rings. The molecule has 4 rings (SSSR count). The van der Waals surface area contributed by atoms with Gasteiger partial charge in [0.05, 0.1) is 5.56 Å². The number of carbonyl (C=O) groups is 2. The Balaban J connectivity index is 1.40. The van der Waals surface area contributed by atoms with Gasteiger partial charge in [0, 0.05) is 31.4 Å². The van der Waals surface area contributed by atoms with Crippen molar-refractivity contribution < 1.29 is 22.8 Å². The quantitative estimate of drug-likeness (QED) is 0.550. The number of nitrogens with one attached hydrogen (secondary N) is 1. The molecule has 0 saturated carbocycles. The molecule has 188 valence electrons. The van der Waals surface area contributed by atoms with Crippen LogP contribution in [0.3, 0.4) is 0 Å². The van der Waals surface area contributed by atoms with Gasteiger partial charge in [-0.25, -0.2) is 4.79 Å². The Kier molecular flexibility index (Phi) is 7.44. The molecule has 6 nitrogen and oxygen atoms in total. The summed E-state index contributed by atoms with van der Waals surface area (Å²) in [4.78, 5) is 34.1. The number of likely N-dealkylation sites (tertiary alicyclic amines) is 1. The topological polar surface area (TPSA) is 65.5 Å². The van der Waals surface area contributed by atoms with E-state index in [4.69, 9.17) is 0 Å². The van der Waals surface area contributed by atoms with Gasteiger partial charge in [0.1, 0.15) is 5.54 Å². The Labute approximate surface area is 203 Å². The Morgan fingerprint density at radius 2 is 1.89 bits per heavy atom. The van der Waals surface area contributed by atoms with Crippen molar-refractivity contribution in [1.29, 1.82) is 0 Å². The van der Waals surface area contributed by atoms with Gasteiger partial charge in [-0.1, -0.05) is 37.6 Å². The molecule has 1 unspecified atom stereocenters. The van der Waals surface area contributed by atoms with Gasteiger partial charge in [-0.05, 0) is 62.0 Å². The molecule has 2 saturated heterocycles. The molecular formula is C26H31F3N4O2. The minimum absolute atomic E-state index is 0.0171. The number of carbonyl (C=O) groups excluding carboxylic acids is 2. The molecule has 1 aromatic heterocycles.